The molecule has 0 aliphatic carbocycles. The van der Waals surface area contributed by atoms with Crippen LogP contribution in [0.4, 0.5) is 0 Å². The van der Waals surface area contributed by atoms with Crippen molar-refractivity contribution >= 4 is 18.2 Å². The summed E-state index contributed by atoms with van der Waals surface area (Å²) in [5.41, 5.74) is 0.721. The van der Waals surface area contributed by atoms with Gasteiger partial charge in [0.25, 0.3) is 0 Å². The number of hydroxylamine groups is 2. The average Bonchev–Trinajstić information content (AvgIpc) is 2.17. The van der Waals surface area contributed by atoms with Crippen LogP contribution in [-0.2, 0) is 0 Å². The SMILES string of the molecule is CC(C)N(O)C(=N)c1ccccc1.Cl. The first-order valence-electron chi connectivity index (χ1n) is 4.25. The summed E-state index contributed by atoms with van der Waals surface area (Å²) in [7, 11) is 0. The second-order valence-corrected chi connectivity index (χ2v) is 3.15. The molecule has 2 N–H and O–H groups in total. The Balaban J connectivity index is 0.00000169. The lowest BCUT2D eigenvalue weighted by atomic mass is 10.2. The Morgan fingerprint density at radius 3 is 2.21 bits per heavy atom. The van der Waals surface area contributed by atoms with E-state index in [-0.39, 0.29) is 24.3 Å². The van der Waals surface area contributed by atoms with E-state index in [1.165, 1.54) is 0 Å². The van der Waals surface area contributed by atoms with Gasteiger partial charge in [0.05, 0.1) is 6.04 Å². The summed E-state index contributed by atoms with van der Waals surface area (Å²) < 4.78 is 0. The lowest BCUT2D eigenvalue weighted by molar-refractivity contribution is -0.0421. The minimum Gasteiger partial charge on any atom is -0.287 e. The van der Waals surface area contributed by atoms with Gasteiger partial charge in [-0.25, -0.2) is 5.06 Å². The molecule has 0 atom stereocenters. The highest BCUT2D eigenvalue weighted by Gasteiger charge is 2.11. The van der Waals surface area contributed by atoms with Gasteiger partial charge in [-0.15, -0.1) is 12.4 Å². The normalized spacial score (nSPS) is 9.43. The van der Waals surface area contributed by atoms with Gasteiger partial charge in [-0.1, -0.05) is 30.3 Å². The largest absolute Gasteiger partial charge is 0.287 e. The zero-order chi connectivity index (χ0) is 9.84. The topological polar surface area (TPSA) is 47.3 Å². The molecule has 0 saturated heterocycles. The maximum absolute atomic E-state index is 9.46. The van der Waals surface area contributed by atoms with Gasteiger partial charge in [-0.2, -0.15) is 0 Å². The van der Waals surface area contributed by atoms with Crippen LogP contribution in [0.15, 0.2) is 30.3 Å². The van der Waals surface area contributed by atoms with E-state index in [1.807, 2.05) is 32.0 Å². The van der Waals surface area contributed by atoms with Gasteiger partial charge in [0, 0.05) is 5.56 Å². The second-order valence-electron chi connectivity index (χ2n) is 3.15. The van der Waals surface area contributed by atoms with E-state index < -0.39 is 0 Å². The Kier molecular flexibility index (Phi) is 5.20. The molecule has 0 spiro atoms. The van der Waals surface area contributed by atoms with E-state index in [0.29, 0.717) is 0 Å². The molecule has 1 rings (SSSR count). The fourth-order valence-corrected chi connectivity index (χ4v) is 0.986. The quantitative estimate of drug-likeness (QED) is 0.452. The standard InChI is InChI=1S/C10H14N2O.ClH/c1-8(2)12(13)10(11)9-6-4-3-5-7-9;/h3-8,11,13H,1-2H3;1H. The molecule has 78 valence electrons. The van der Waals surface area contributed by atoms with Crippen LogP contribution in [0.1, 0.15) is 19.4 Å². The van der Waals surface area contributed by atoms with Gasteiger partial charge in [0.2, 0.25) is 0 Å². The van der Waals surface area contributed by atoms with Gasteiger partial charge in [-0.05, 0) is 13.8 Å². The second kappa shape index (κ2) is 5.62. The van der Waals surface area contributed by atoms with Crippen molar-refractivity contribution in [2.24, 2.45) is 0 Å². The lowest BCUT2D eigenvalue weighted by Crippen LogP contribution is -2.33. The Labute approximate surface area is 90.2 Å². The number of nitrogens with one attached hydrogen (secondary N) is 1. The number of hydrogen-bond donors (Lipinski definition) is 2. The summed E-state index contributed by atoms with van der Waals surface area (Å²) in [6.45, 7) is 3.66. The van der Waals surface area contributed by atoms with Crippen molar-refractivity contribution in [2.45, 2.75) is 19.9 Å². The van der Waals surface area contributed by atoms with E-state index in [9.17, 15) is 5.21 Å². The smallest absolute Gasteiger partial charge is 0.152 e. The molecule has 0 unspecified atom stereocenters. The molecule has 0 heterocycles. The predicted molar refractivity (Wildman–Crippen MR) is 59.3 cm³/mol. The molecule has 3 nitrogen and oxygen atoms in total. The first-order chi connectivity index (χ1) is 6.13. The summed E-state index contributed by atoms with van der Waals surface area (Å²) >= 11 is 0. The number of hydrogen-bond acceptors (Lipinski definition) is 2. The Hall–Kier alpha value is -1.06. The molecule has 0 aliphatic heterocycles. The first kappa shape index (κ1) is 12.9. The number of halogens is 1. The summed E-state index contributed by atoms with van der Waals surface area (Å²) in [6.07, 6.45) is 0. The van der Waals surface area contributed by atoms with Crippen molar-refractivity contribution in [3.63, 3.8) is 0 Å². The lowest BCUT2D eigenvalue weighted by Gasteiger charge is -2.21. The van der Waals surface area contributed by atoms with E-state index in [2.05, 4.69) is 0 Å². The Bertz CT molecular complexity index is 287. The van der Waals surface area contributed by atoms with Crippen LogP contribution in [-0.4, -0.2) is 22.1 Å². The first-order valence-corrected chi connectivity index (χ1v) is 4.25. The van der Waals surface area contributed by atoms with Gasteiger partial charge >= 0.3 is 0 Å². The van der Waals surface area contributed by atoms with Crippen molar-refractivity contribution in [1.29, 1.82) is 5.41 Å². The highest BCUT2D eigenvalue weighted by atomic mass is 35.5. The van der Waals surface area contributed by atoms with Gasteiger partial charge in [0.15, 0.2) is 5.84 Å². The Morgan fingerprint density at radius 2 is 1.79 bits per heavy atom. The van der Waals surface area contributed by atoms with Crippen molar-refractivity contribution < 1.29 is 5.21 Å². The molecular formula is C10H15ClN2O. The summed E-state index contributed by atoms with van der Waals surface area (Å²) in [5, 5.41) is 18.1. The highest BCUT2D eigenvalue weighted by Crippen LogP contribution is 2.04. The summed E-state index contributed by atoms with van der Waals surface area (Å²) in [4.78, 5) is 0. The van der Waals surface area contributed by atoms with E-state index in [4.69, 9.17) is 5.41 Å². The zero-order valence-electron chi connectivity index (χ0n) is 8.27. The maximum Gasteiger partial charge on any atom is 0.152 e. The molecule has 0 radical (unpaired) electrons. The number of nitrogens with zero attached hydrogens (tertiary/aromatic N) is 1. The molecule has 0 aromatic heterocycles. The van der Waals surface area contributed by atoms with Crippen molar-refractivity contribution in [2.75, 3.05) is 0 Å². The Morgan fingerprint density at radius 1 is 1.29 bits per heavy atom. The molecule has 1 aromatic rings. The van der Waals surface area contributed by atoms with Crippen LogP contribution in [0.25, 0.3) is 0 Å². The average molecular weight is 215 g/mol. The molecule has 0 aliphatic rings. The van der Waals surface area contributed by atoms with Crippen LogP contribution in [0.2, 0.25) is 0 Å². The monoisotopic (exact) mass is 214 g/mol. The highest BCUT2D eigenvalue weighted by molar-refractivity contribution is 5.95. The summed E-state index contributed by atoms with van der Waals surface area (Å²) in [5.74, 6) is 0.135. The van der Waals surface area contributed by atoms with Gasteiger partial charge < -0.3 is 0 Å². The van der Waals surface area contributed by atoms with Crippen LogP contribution >= 0.6 is 12.4 Å². The van der Waals surface area contributed by atoms with Crippen molar-refractivity contribution in [1.82, 2.24) is 5.06 Å². The van der Waals surface area contributed by atoms with Crippen molar-refractivity contribution in [3.05, 3.63) is 35.9 Å². The van der Waals surface area contributed by atoms with Crippen LogP contribution in [0.3, 0.4) is 0 Å². The molecule has 0 amide bonds. The third-order valence-electron chi connectivity index (χ3n) is 1.77. The number of rotatable bonds is 2. The van der Waals surface area contributed by atoms with Crippen LogP contribution in [0, 0.1) is 5.41 Å². The molecule has 0 fully saturated rings. The van der Waals surface area contributed by atoms with E-state index in [1.54, 1.807) is 12.1 Å². The maximum atomic E-state index is 9.46. The van der Waals surface area contributed by atoms with Crippen molar-refractivity contribution in [3.8, 4) is 0 Å². The minimum absolute atomic E-state index is 0. The van der Waals surface area contributed by atoms with Gasteiger partial charge in [-0.3, -0.25) is 10.6 Å². The number of benzene rings is 1. The fraction of sp³-hybridized carbons (Fsp3) is 0.300. The van der Waals surface area contributed by atoms with E-state index >= 15 is 0 Å². The van der Waals surface area contributed by atoms with Crippen LogP contribution in [0.5, 0.6) is 0 Å². The third-order valence-corrected chi connectivity index (χ3v) is 1.77. The number of amidine groups is 1. The van der Waals surface area contributed by atoms with Crippen LogP contribution < -0.4 is 0 Å². The molecule has 4 heteroatoms. The predicted octanol–water partition coefficient (Wildman–Crippen LogP) is 2.53. The minimum atomic E-state index is -0.0762. The fourth-order valence-electron chi connectivity index (χ4n) is 0.986. The molecule has 14 heavy (non-hydrogen) atoms. The van der Waals surface area contributed by atoms with E-state index in [0.717, 1.165) is 10.6 Å². The molecular weight excluding hydrogens is 200 g/mol. The zero-order valence-corrected chi connectivity index (χ0v) is 9.08. The summed E-state index contributed by atoms with van der Waals surface area (Å²) in [6, 6.07) is 9.10. The molecule has 1 aromatic carbocycles. The third kappa shape index (κ3) is 3.01. The van der Waals surface area contributed by atoms with Gasteiger partial charge in [0.1, 0.15) is 0 Å². The molecule has 0 saturated carbocycles. The molecule has 0 bridgehead atoms.